The number of amides is 4. The first-order chi connectivity index (χ1) is 21.7. The van der Waals surface area contributed by atoms with E-state index in [1.165, 1.54) is 18.3 Å². The molecule has 2 N–H and O–H groups in total. The number of urea groups is 1. The first-order valence-corrected chi connectivity index (χ1v) is 15.5. The number of imidazole rings is 1. The smallest absolute Gasteiger partial charge is 0.331 e. The molecular weight excluding hydrogens is 596 g/mol. The van der Waals surface area contributed by atoms with Crippen LogP contribution in [0.5, 0.6) is 0 Å². The van der Waals surface area contributed by atoms with E-state index in [9.17, 15) is 19.5 Å². The van der Waals surface area contributed by atoms with Crippen molar-refractivity contribution in [3.8, 4) is 0 Å². The molecule has 4 aliphatic rings. The predicted octanol–water partition coefficient (Wildman–Crippen LogP) is 4.11. The predicted molar refractivity (Wildman–Crippen MR) is 166 cm³/mol. The van der Waals surface area contributed by atoms with Crippen LogP contribution in [0, 0.1) is 5.92 Å². The Morgan fingerprint density at radius 1 is 1.07 bits per heavy atom. The van der Waals surface area contributed by atoms with Crippen molar-refractivity contribution in [1.29, 1.82) is 0 Å². The Hall–Kier alpha value is -4.55. The van der Waals surface area contributed by atoms with E-state index in [2.05, 4.69) is 15.3 Å². The van der Waals surface area contributed by atoms with Gasteiger partial charge in [-0.05, 0) is 60.4 Å². The third-order valence-corrected chi connectivity index (χ3v) is 9.55. The first kappa shape index (κ1) is 28.0. The third-order valence-electron chi connectivity index (χ3n) is 9.32. The average molecular weight is 627 g/mol. The number of fused-ring (bicyclic) bond motifs is 1. The van der Waals surface area contributed by atoms with Gasteiger partial charge in [-0.15, -0.1) is 0 Å². The molecule has 2 saturated carbocycles. The molecule has 45 heavy (non-hydrogen) atoms. The number of benzene rings is 1. The largest absolute Gasteiger partial charge is 0.391 e. The van der Waals surface area contributed by atoms with E-state index in [0.29, 0.717) is 52.6 Å². The molecule has 230 valence electrons. The average Bonchev–Trinajstić information content (AvgIpc) is 3.94. The minimum atomic E-state index is -0.620. The molecule has 0 bridgehead atoms. The van der Waals surface area contributed by atoms with Crippen molar-refractivity contribution in [1.82, 2.24) is 24.3 Å². The third kappa shape index (κ3) is 5.07. The normalized spacial score (nSPS) is 24.6. The van der Waals surface area contributed by atoms with Gasteiger partial charge in [-0.2, -0.15) is 0 Å². The fourth-order valence-electron chi connectivity index (χ4n) is 6.63. The number of rotatable bonds is 7. The zero-order valence-electron chi connectivity index (χ0n) is 24.5. The number of aromatic nitrogens is 4. The lowest BCUT2D eigenvalue weighted by molar-refractivity contribution is -0.124. The van der Waals surface area contributed by atoms with E-state index in [0.717, 1.165) is 35.3 Å². The van der Waals surface area contributed by atoms with E-state index < -0.39 is 6.10 Å². The number of β-amino-alcohol motifs (C(OH)–C–C–N with tert-alkyl or cyclic N) is 1. The number of halogens is 1. The van der Waals surface area contributed by atoms with Crippen LogP contribution in [0.25, 0.3) is 5.65 Å². The Kier molecular flexibility index (Phi) is 6.54. The van der Waals surface area contributed by atoms with Gasteiger partial charge in [0, 0.05) is 49.4 Å². The fraction of sp³-hybridized carbons (Fsp3) is 0.375. The van der Waals surface area contributed by atoms with Gasteiger partial charge in [0.15, 0.2) is 5.65 Å². The molecular formula is C32H31ClN8O4. The molecule has 2 aliphatic heterocycles. The molecule has 3 aromatic heterocycles. The van der Waals surface area contributed by atoms with Crippen LogP contribution >= 0.6 is 11.6 Å². The molecule has 4 atom stereocenters. The maximum atomic E-state index is 13.1. The summed E-state index contributed by atoms with van der Waals surface area (Å²) in [6.07, 6.45) is 8.09. The number of hydrogen-bond acceptors (Lipinski definition) is 8. The molecule has 0 spiro atoms. The number of likely N-dealkylation sites (N-methyl/N-ethyl adjacent to an activating group) is 1. The number of aliphatic hydroxyl groups is 1. The monoisotopic (exact) mass is 626 g/mol. The molecule has 8 rings (SSSR count). The standard InChI is InChI=1S/C32H31ClN8O4/c1-38-29(43)15-41(32(38)45)26-8-19(17-5-6-17)12-39-14-24(36-30(26)39)25-9-21(42)13-40(25)28-11-27(34-16-35-28)37-31(44)23-10-22(23)18-3-2-4-20(33)7-18/h2-4,7-8,11-12,14,16-17,21-23,25,42H,5-6,9-10,13,15H2,1H3,(H,34,35,37,44)/t21-,22+,23-,25+/m0/s1. The van der Waals surface area contributed by atoms with Crippen LogP contribution in [0.4, 0.5) is 22.1 Å². The Labute approximate surface area is 263 Å². The van der Waals surface area contributed by atoms with E-state index in [4.69, 9.17) is 16.6 Å². The molecule has 5 heterocycles. The molecule has 4 aromatic rings. The molecule has 2 saturated heterocycles. The minimum absolute atomic E-state index is 0.0360. The van der Waals surface area contributed by atoms with Crippen LogP contribution in [0.3, 0.4) is 0 Å². The molecule has 13 heteroatoms. The molecule has 1 aromatic carbocycles. The van der Waals surface area contributed by atoms with Gasteiger partial charge >= 0.3 is 6.03 Å². The number of carbonyl (C=O) groups is 3. The summed E-state index contributed by atoms with van der Waals surface area (Å²) in [7, 11) is 1.49. The highest BCUT2D eigenvalue weighted by molar-refractivity contribution is 6.30. The minimum Gasteiger partial charge on any atom is -0.391 e. The zero-order valence-corrected chi connectivity index (χ0v) is 25.3. The molecule has 2 aliphatic carbocycles. The number of anilines is 3. The summed E-state index contributed by atoms with van der Waals surface area (Å²) in [6, 6.07) is 10.6. The summed E-state index contributed by atoms with van der Waals surface area (Å²) in [4.78, 5) is 56.7. The number of nitrogens with zero attached hydrogens (tertiary/aromatic N) is 7. The summed E-state index contributed by atoms with van der Waals surface area (Å²) in [5.74, 6) is 0.951. The second kappa shape index (κ2) is 10.5. The number of aliphatic hydroxyl groups excluding tert-OH is 1. The van der Waals surface area contributed by atoms with E-state index in [-0.39, 0.29) is 42.3 Å². The fourth-order valence-corrected chi connectivity index (χ4v) is 6.83. The van der Waals surface area contributed by atoms with Crippen molar-refractivity contribution in [2.24, 2.45) is 5.92 Å². The molecule has 0 unspecified atom stereocenters. The van der Waals surface area contributed by atoms with Gasteiger partial charge in [0.05, 0.1) is 23.5 Å². The van der Waals surface area contributed by atoms with Gasteiger partial charge in [0.25, 0.3) is 0 Å². The van der Waals surface area contributed by atoms with Gasteiger partial charge in [-0.25, -0.2) is 19.7 Å². The number of pyridine rings is 1. The van der Waals surface area contributed by atoms with Crippen LogP contribution in [0.2, 0.25) is 5.02 Å². The van der Waals surface area contributed by atoms with Gasteiger partial charge in [0.1, 0.15) is 24.5 Å². The first-order valence-electron chi connectivity index (χ1n) is 15.2. The lowest BCUT2D eigenvalue weighted by Gasteiger charge is -2.24. The lowest BCUT2D eigenvalue weighted by Crippen LogP contribution is -2.30. The second-order valence-corrected chi connectivity index (χ2v) is 12.9. The Balaban J connectivity index is 1.06. The highest BCUT2D eigenvalue weighted by Crippen LogP contribution is 2.48. The second-order valence-electron chi connectivity index (χ2n) is 12.5. The van der Waals surface area contributed by atoms with Gasteiger partial charge in [-0.1, -0.05) is 23.7 Å². The van der Waals surface area contributed by atoms with Crippen molar-refractivity contribution in [2.75, 3.05) is 35.3 Å². The number of hydrogen-bond donors (Lipinski definition) is 2. The maximum absolute atomic E-state index is 13.1. The summed E-state index contributed by atoms with van der Waals surface area (Å²) < 4.78 is 1.93. The SMILES string of the molecule is CN1C(=O)CN(c2cc(C3CC3)cn3cc([C@H]4C[C@H](O)CN4c4cc(NC(=O)[C@H]5C[C@@H]5c5cccc(Cl)c5)ncn4)nc23)C1=O. The van der Waals surface area contributed by atoms with Crippen molar-refractivity contribution in [3.05, 3.63) is 77.0 Å². The Morgan fingerprint density at radius 2 is 1.91 bits per heavy atom. The quantitative estimate of drug-likeness (QED) is 0.293. The van der Waals surface area contributed by atoms with Crippen LogP contribution in [0.15, 0.2) is 55.1 Å². The molecule has 4 amide bonds. The van der Waals surface area contributed by atoms with E-state index in [1.807, 2.05) is 52.0 Å². The van der Waals surface area contributed by atoms with E-state index >= 15 is 0 Å². The summed E-state index contributed by atoms with van der Waals surface area (Å²) in [6.45, 7) is 0.290. The summed E-state index contributed by atoms with van der Waals surface area (Å²) in [5.41, 5.74) is 4.03. The topological polar surface area (TPSA) is 136 Å². The van der Waals surface area contributed by atoms with Gasteiger partial charge < -0.3 is 19.7 Å². The molecule has 4 fully saturated rings. The maximum Gasteiger partial charge on any atom is 0.331 e. The molecule has 12 nitrogen and oxygen atoms in total. The Bertz CT molecular complexity index is 1870. The number of carbonyl (C=O) groups excluding carboxylic acids is 3. The van der Waals surface area contributed by atoms with Crippen molar-refractivity contribution in [3.63, 3.8) is 0 Å². The Morgan fingerprint density at radius 3 is 2.67 bits per heavy atom. The zero-order chi connectivity index (χ0) is 31.0. The van der Waals surface area contributed by atoms with Crippen LogP contribution in [0.1, 0.15) is 60.4 Å². The molecule has 0 radical (unpaired) electrons. The van der Waals surface area contributed by atoms with Crippen molar-refractivity contribution < 1.29 is 19.5 Å². The summed E-state index contributed by atoms with van der Waals surface area (Å²) in [5, 5.41) is 14.4. The summed E-state index contributed by atoms with van der Waals surface area (Å²) >= 11 is 6.14. The lowest BCUT2D eigenvalue weighted by atomic mass is 10.1. The highest BCUT2D eigenvalue weighted by atomic mass is 35.5. The van der Waals surface area contributed by atoms with Gasteiger partial charge in [0.2, 0.25) is 11.8 Å². The highest BCUT2D eigenvalue weighted by Gasteiger charge is 2.44. The number of imide groups is 1. The van der Waals surface area contributed by atoms with Crippen LogP contribution in [-0.4, -0.2) is 73.4 Å². The van der Waals surface area contributed by atoms with Crippen LogP contribution in [-0.2, 0) is 9.59 Å². The van der Waals surface area contributed by atoms with Crippen LogP contribution < -0.4 is 15.1 Å². The van der Waals surface area contributed by atoms with E-state index in [1.54, 1.807) is 6.07 Å². The van der Waals surface area contributed by atoms with Crippen molar-refractivity contribution in [2.45, 2.75) is 49.7 Å². The number of nitrogens with one attached hydrogen (secondary N) is 1. The van der Waals surface area contributed by atoms with Gasteiger partial charge in [-0.3, -0.25) is 19.4 Å². The van der Waals surface area contributed by atoms with Crippen molar-refractivity contribution >= 4 is 52.4 Å².